The van der Waals surface area contributed by atoms with Gasteiger partial charge in [-0.05, 0) is 88.2 Å². The first-order chi connectivity index (χ1) is 21.4. The molecule has 0 fully saturated rings. The maximum absolute atomic E-state index is 14.2. The van der Waals surface area contributed by atoms with E-state index in [2.05, 4.69) is 10.1 Å². The first-order valence-corrected chi connectivity index (χ1v) is 15.8. The summed E-state index contributed by atoms with van der Waals surface area (Å²) in [5, 5.41) is 5.75. The minimum Gasteiger partial charge on any atom is -0.464 e. The maximum atomic E-state index is 14.2. The van der Waals surface area contributed by atoms with Crippen molar-refractivity contribution in [2.24, 2.45) is 7.05 Å². The number of nitrogens with zero attached hydrogens (tertiary/aromatic N) is 4. The first-order valence-electron chi connectivity index (χ1n) is 14.6. The Hall–Kier alpha value is -4.18. The molecule has 230 valence electrons. The summed E-state index contributed by atoms with van der Waals surface area (Å²) in [5.74, 6) is -0.946. The summed E-state index contributed by atoms with van der Waals surface area (Å²) in [6, 6.07) is 18.9. The fraction of sp³-hybridized carbons (Fsp3) is 0.257. The second-order valence-electron chi connectivity index (χ2n) is 11.8. The molecule has 0 spiro atoms. The third kappa shape index (κ3) is 6.08. The number of thiazole rings is 1. The molecule has 0 radical (unpaired) electrons. The van der Waals surface area contributed by atoms with Crippen molar-refractivity contribution < 1.29 is 18.7 Å². The van der Waals surface area contributed by atoms with Crippen LogP contribution in [0.5, 0.6) is 0 Å². The summed E-state index contributed by atoms with van der Waals surface area (Å²) in [6.45, 7) is 9.75. The molecule has 0 saturated carbocycles. The van der Waals surface area contributed by atoms with Gasteiger partial charge >= 0.3 is 5.97 Å². The van der Waals surface area contributed by atoms with E-state index in [1.165, 1.54) is 16.0 Å². The molecule has 0 unspecified atom stereocenters. The van der Waals surface area contributed by atoms with Crippen molar-refractivity contribution >= 4 is 50.0 Å². The van der Waals surface area contributed by atoms with Crippen LogP contribution in [0.15, 0.2) is 66.9 Å². The molecule has 0 N–H and O–H groups in total. The number of rotatable bonds is 7. The lowest BCUT2D eigenvalue weighted by atomic mass is 9.91. The molecule has 6 rings (SSSR count). The Morgan fingerprint density at radius 1 is 1.04 bits per heavy atom. The minimum absolute atomic E-state index is 0.234. The number of hydrogen-bond donors (Lipinski definition) is 0. The summed E-state index contributed by atoms with van der Waals surface area (Å²) < 4.78 is 28.5. The van der Waals surface area contributed by atoms with Crippen molar-refractivity contribution in [3.05, 3.63) is 89.0 Å². The van der Waals surface area contributed by atoms with Crippen LogP contribution in [0.3, 0.4) is 0 Å². The van der Waals surface area contributed by atoms with Gasteiger partial charge in [0.05, 0.1) is 39.0 Å². The molecule has 6 aromatic rings. The van der Waals surface area contributed by atoms with Crippen LogP contribution < -0.4 is 0 Å². The van der Waals surface area contributed by atoms with Crippen LogP contribution in [0.25, 0.3) is 54.1 Å². The maximum Gasteiger partial charge on any atom is 0.339 e. The lowest BCUT2D eigenvalue weighted by Crippen LogP contribution is -2.29. The zero-order valence-electron chi connectivity index (χ0n) is 25.8. The highest BCUT2D eigenvalue weighted by atomic mass is 35.5. The van der Waals surface area contributed by atoms with Gasteiger partial charge in [-0.25, -0.2) is 9.78 Å². The normalized spacial score (nSPS) is 12.6. The largest absolute Gasteiger partial charge is 0.464 e. The Morgan fingerprint density at radius 3 is 2.49 bits per heavy atom. The summed E-state index contributed by atoms with van der Waals surface area (Å²) >= 11 is 7.81. The monoisotopic (exact) mass is 642 g/mol. The number of esters is 1. The molecule has 7 nitrogen and oxygen atoms in total. The molecular formula is C35H32ClFN4O3S. The molecule has 0 amide bonds. The Balaban J connectivity index is 1.53. The van der Waals surface area contributed by atoms with Crippen LogP contribution in [0.4, 0.5) is 4.39 Å². The van der Waals surface area contributed by atoms with Crippen molar-refractivity contribution in [2.75, 3.05) is 6.61 Å². The highest BCUT2D eigenvalue weighted by Crippen LogP contribution is 2.45. The second-order valence-corrected chi connectivity index (χ2v) is 13.2. The summed E-state index contributed by atoms with van der Waals surface area (Å²) in [6.07, 6.45) is 0.792. The predicted molar refractivity (Wildman–Crippen MR) is 178 cm³/mol. The zero-order chi connectivity index (χ0) is 32.0. The van der Waals surface area contributed by atoms with Crippen LogP contribution in [0.2, 0.25) is 5.02 Å². The van der Waals surface area contributed by atoms with Gasteiger partial charge in [-0.1, -0.05) is 29.8 Å². The van der Waals surface area contributed by atoms with Crippen LogP contribution >= 0.6 is 22.9 Å². The minimum atomic E-state index is -0.954. The van der Waals surface area contributed by atoms with Crippen molar-refractivity contribution in [3.63, 3.8) is 0 Å². The van der Waals surface area contributed by atoms with E-state index >= 15 is 0 Å². The number of carbonyl (C=O) groups is 1. The van der Waals surface area contributed by atoms with Gasteiger partial charge in [0.2, 0.25) is 5.95 Å². The molecule has 3 aromatic heterocycles. The Labute approximate surface area is 269 Å². The third-order valence-electron chi connectivity index (χ3n) is 7.40. The average Bonchev–Trinajstić information content (AvgIpc) is 3.55. The molecule has 10 heteroatoms. The number of pyridine rings is 1. The molecule has 1 atom stereocenters. The van der Waals surface area contributed by atoms with E-state index in [0.29, 0.717) is 15.9 Å². The smallest absolute Gasteiger partial charge is 0.339 e. The molecule has 45 heavy (non-hydrogen) atoms. The molecule has 0 saturated heterocycles. The van der Waals surface area contributed by atoms with Crippen molar-refractivity contribution in [3.8, 4) is 33.0 Å². The molecule has 0 aliphatic carbocycles. The summed E-state index contributed by atoms with van der Waals surface area (Å²) in [4.78, 5) is 23.1. The standard InChI is InChI=1S/C35H32ClFN4O3S/c1-7-43-34(42)30(44-35(3,4)5)28-19(2)16-26-31(29(28)20-8-11-23(36)12-9-20)45-33(39-26)22-14-15-38-25(17-22)21-10-13-24-27(18-21)41(6)40-32(24)37/h8-18,30H,7H2,1-6H3/t30-/m0/s1. The molecule has 0 bridgehead atoms. The number of aromatic nitrogens is 4. The first kappa shape index (κ1) is 30.8. The van der Waals surface area contributed by atoms with Gasteiger partial charge in [0, 0.05) is 40.5 Å². The number of halogens is 2. The van der Waals surface area contributed by atoms with Crippen LogP contribution in [-0.2, 0) is 21.3 Å². The molecule has 0 aliphatic rings. The second kappa shape index (κ2) is 12.0. The van der Waals surface area contributed by atoms with Crippen LogP contribution in [0, 0.1) is 12.9 Å². The lowest BCUT2D eigenvalue weighted by Gasteiger charge is -2.29. The highest BCUT2D eigenvalue weighted by Gasteiger charge is 2.33. The third-order valence-corrected chi connectivity index (χ3v) is 8.79. The van der Waals surface area contributed by atoms with Crippen molar-refractivity contribution in [1.29, 1.82) is 0 Å². The van der Waals surface area contributed by atoms with Gasteiger partial charge in [0.1, 0.15) is 5.01 Å². The van der Waals surface area contributed by atoms with Gasteiger partial charge in [-0.15, -0.1) is 16.4 Å². The summed E-state index contributed by atoms with van der Waals surface area (Å²) in [5.41, 5.74) is 6.64. The number of aryl methyl sites for hydroxylation is 2. The molecule has 3 heterocycles. The Morgan fingerprint density at radius 2 is 1.78 bits per heavy atom. The van der Waals surface area contributed by atoms with Crippen molar-refractivity contribution in [1.82, 2.24) is 19.7 Å². The highest BCUT2D eigenvalue weighted by molar-refractivity contribution is 7.22. The number of fused-ring (bicyclic) bond motifs is 2. The van der Waals surface area contributed by atoms with Gasteiger partial charge in [-0.3, -0.25) is 9.67 Å². The van der Waals surface area contributed by atoms with Crippen LogP contribution in [0.1, 0.15) is 44.9 Å². The van der Waals surface area contributed by atoms with E-state index in [0.717, 1.165) is 54.3 Å². The molecule has 0 aliphatic heterocycles. The number of carbonyl (C=O) groups excluding carboxylic acids is 1. The van der Waals surface area contributed by atoms with E-state index in [1.807, 2.05) is 82.3 Å². The lowest BCUT2D eigenvalue weighted by molar-refractivity contribution is -0.166. The van der Waals surface area contributed by atoms with E-state index in [4.69, 9.17) is 26.1 Å². The fourth-order valence-corrected chi connectivity index (χ4v) is 6.71. The quantitative estimate of drug-likeness (QED) is 0.162. The van der Waals surface area contributed by atoms with E-state index < -0.39 is 23.6 Å². The predicted octanol–water partition coefficient (Wildman–Crippen LogP) is 9.10. The number of benzene rings is 3. The van der Waals surface area contributed by atoms with Gasteiger partial charge in [0.15, 0.2) is 6.10 Å². The number of hydrogen-bond acceptors (Lipinski definition) is 7. The van der Waals surface area contributed by atoms with Gasteiger partial charge in [0.25, 0.3) is 0 Å². The topological polar surface area (TPSA) is 79.1 Å². The fourth-order valence-electron chi connectivity index (χ4n) is 5.47. The Kier molecular flexibility index (Phi) is 8.20. The Bertz CT molecular complexity index is 2060. The summed E-state index contributed by atoms with van der Waals surface area (Å²) in [7, 11) is 1.72. The van der Waals surface area contributed by atoms with E-state index in [-0.39, 0.29) is 6.61 Å². The van der Waals surface area contributed by atoms with Gasteiger partial charge < -0.3 is 9.47 Å². The van der Waals surface area contributed by atoms with E-state index in [9.17, 15) is 9.18 Å². The zero-order valence-corrected chi connectivity index (χ0v) is 27.4. The van der Waals surface area contributed by atoms with E-state index in [1.54, 1.807) is 26.2 Å². The van der Waals surface area contributed by atoms with Crippen molar-refractivity contribution in [2.45, 2.75) is 46.3 Å². The van der Waals surface area contributed by atoms with Gasteiger partial charge in [-0.2, -0.15) is 4.39 Å². The molecule has 3 aromatic carbocycles. The average molecular weight is 643 g/mol. The van der Waals surface area contributed by atoms with Crippen LogP contribution in [-0.4, -0.2) is 37.9 Å². The number of ether oxygens (including phenoxy) is 2. The molecular weight excluding hydrogens is 611 g/mol. The SMILES string of the molecule is CCOC(=O)[C@@H](OC(C)(C)C)c1c(C)cc2nc(-c3ccnc(-c4ccc5c(F)nn(C)c5c4)c3)sc2c1-c1ccc(Cl)cc1.